The molecule has 0 saturated heterocycles. The average Bonchev–Trinajstić information content (AvgIpc) is 2.75. The fraction of sp³-hybridized carbons (Fsp3) is 0.625. The second-order valence-electron chi connectivity index (χ2n) is 12.8. The van der Waals surface area contributed by atoms with Crippen molar-refractivity contribution in [3.05, 3.63) is 46.5 Å². The minimum absolute atomic E-state index is 0.00421. The Balaban J connectivity index is 2.36. The molecule has 0 spiro atoms. The van der Waals surface area contributed by atoms with Crippen LogP contribution in [0.4, 0.5) is 0 Å². The highest BCUT2D eigenvalue weighted by Gasteiger charge is 2.24. The molecule has 2 rings (SSSR count). The van der Waals surface area contributed by atoms with E-state index in [1.165, 1.54) is 32.0 Å². The number of nitrogens with zero attached hydrogens (tertiary/aromatic N) is 2. The summed E-state index contributed by atoms with van der Waals surface area (Å²) in [6.45, 7) is 21.5. The molecule has 0 aliphatic heterocycles. The Morgan fingerprint density at radius 1 is 0.622 bits per heavy atom. The summed E-state index contributed by atoms with van der Waals surface area (Å²) in [4.78, 5) is 6.97. The summed E-state index contributed by atoms with van der Waals surface area (Å²) in [5.74, 6) is 2.03. The predicted octanol–water partition coefficient (Wildman–Crippen LogP) is 7.71. The third-order valence-corrected chi connectivity index (χ3v) is 7.72. The zero-order valence-electron chi connectivity index (χ0n) is 25.7. The van der Waals surface area contributed by atoms with E-state index in [1.54, 1.807) is 0 Å². The fourth-order valence-electron chi connectivity index (χ4n) is 4.20. The Morgan fingerprint density at radius 3 is 1.27 bits per heavy atom. The van der Waals surface area contributed by atoms with Crippen LogP contribution in [0.3, 0.4) is 0 Å². The lowest BCUT2D eigenvalue weighted by molar-refractivity contribution is 0.275. The number of hydrogen-bond donors (Lipinski definition) is 0. The zero-order valence-corrected chi connectivity index (χ0v) is 26.5. The van der Waals surface area contributed by atoms with Crippen molar-refractivity contribution in [1.29, 1.82) is 0 Å². The Labute approximate surface area is 232 Å². The van der Waals surface area contributed by atoms with Gasteiger partial charge in [0.25, 0.3) is 0 Å². The maximum Gasteiger partial charge on any atom is 0.123 e. The molecule has 0 bridgehead atoms. The normalized spacial score (nSPS) is 12.5. The molecule has 0 unspecified atom stereocenters. The van der Waals surface area contributed by atoms with Crippen LogP contribution >= 0.6 is 11.8 Å². The van der Waals surface area contributed by atoms with Gasteiger partial charge in [0, 0.05) is 34.0 Å². The monoisotopic (exact) mass is 528 g/mol. The van der Waals surface area contributed by atoms with E-state index in [-0.39, 0.29) is 10.8 Å². The van der Waals surface area contributed by atoms with Gasteiger partial charge in [0.1, 0.15) is 11.5 Å². The highest BCUT2D eigenvalue weighted by atomic mass is 32.2. The van der Waals surface area contributed by atoms with Crippen LogP contribution in [0.15, 0.2) is 34.1 Å². The van der Waals surface area contributed by atoms with Crippen LogP contribution in [0.25, 0.3) is 0 Å². The summed E-state index contributed by atoms with van der Waals surface area (Å²) in [5, 5.41) is 0. The summed E-state index contributed by atoms with van der Waals surface area (Å²) in [6.07, 6.45) is 2.04. The van der Waals surface area contributed by atoms with E-state index < -0.39 is 0 Å². The molecule has 0 radical (unpaired) electrons. The number of rotatable bonds is 12. The van der Waals surface area contributed by atoms with Crippen molar-refractivity contribution in [1.82, 2.24) is 9.80 Å². The molecular formula is C32H52N2O2S. The fourth-order valence-corrected chi connectivity index (χ4v) is 5.23. The first-order valence-corrected chi connectivity index (χ1v) is 14.4. The van der Waals surface area contributed by atoms with Crippen molar-refractivity contribution in [2.75, 3.05) is 54.5 Å². The van der Waals surface area contributed by atoms with Gasteiger partial charge in [0.15, 0.2) is 0 Å². The molecule has 0 aliphatic carbocycles. The van der Waals surface area contributed by atoms with E-state index in [0.717, 1.165) is 50.6 Å². The zero-order chi connectivity index (χ0) is 28.0. The molecule has 37 heavy (non-hydrogen) atoms. The van der Waals surface area contributed by atoms with Crippen molar-refractivity contribution < 1.29 is 9.47 Å². The Bertz CT molecular complexity index is 935. The van der Waals surface area contributed by atoms with E-state index in [4.69, 9.17) is 9.47 Å². The van der Waals surface area contributed by atoms with Gasteiger partial charge in [0.05, 0.1) is 13.2 Å². The lowest BCUT2D eigenvalue weighted by Gasteiger charge is -2.26. The van der Waals surface area contributed by atoms with Crippen molar-refractivity contribution in [2.24, 2.45) is 0 Å². The summed E-state index contributed by atoms with van der Waals surface area (Å²) in [6, 6.07) is 9.17. The van der Waals surface area contributed by atoms with Gasteiger partial charge in [0.2, 0.25) is 0 Å². The van der Waals surface area contributed by atoms with Crippen LogP contribution < -0.4 is 9.47 Å². The number of benzene rings is 2. The van der Waals surface area contributed by atoms with Crippen LogP contribution in [-0.2, 0) is 10.8 Å². The highest BCUT2D eigenvalue weighted by Crippen LogP contribution is 2.43. The number of aryl methyl sites for hydroxylation is 2. The maximum atomic E-state index is 6.31. The lowest BCUT2D eigenvalue weighted by Crippen LogP contribution is -2.18. The van der Waals surface area contributed by atoms with Gasteiger partial charge >= 0.3 is 0 Å². The molecule has 0 aliphatic rings. The molecule has 208 valence electrons. The molecular weight excluding hydrogens is 476 g/mol. The highest BCUT2D eigenvalue weighted by molar-refractivity contribution is 7.99. The molecule has 2 aromatic rings. The third-order valence-electron chi connectivity index (χ3n) is 6.40. The van der Waals surface area contributed by atoms with Gasteiger partial charge in [-0.3, -0.25) is 0 Å². The van der Waals surface area contributed by atoms with Gasteiger partial charge < -0.3 is 19.3 Å². The SMILES string of the molecule is Cc1cc(OCCCN(C)C)c(C(C)(C)C)cc1Sc1cc(C(C)(C)C)c(OCCCN(C)C)cc1C. The van der Waals surface area contributed by atoms with Crippen LogP contribution in [0.1, 0.15) is 76.6 Å². The molecule has 0 N–H and O–H groups in total. The Morgan fingerprint density at radius 2 is 0.973 bits per heavy atom. The van der Waals surface area contributed by atoms with Crippen molar-refractivity contribution in [3.63, 3.8) is 0 Å². The summed E-state index contributed by atoms with van der Waals surface area (Å²) >= 11 is 1.86. The van der Waals surface area contributed by atoms with Crippen LogP contribution in [-0.4, -0.2) is 64.3 Å². The minimum Gasteiger partial charge on any atom is -0.493 e. The van der Waals surface area contributed by atoms with Crippen LogP contribution in [0, 0.1) is 13.8 Å². The van der Waals surface area contributed by atoms with E-state index in [0.29, 0.717) is 0 Å². The smallest absolute Gasteiger partial charge is 0.123 e. The minimum atomic E-state index is -0.00421. The maximum absolute atomic E-state index is 6.31. The van der Waals surface area contributed by atoms with Crippen molar-refractivity contribution in [2.45, 2.75) is 88.9 Å². The lowest BCUT2D eigenvalue weighted by atomic mass is 9.85. The van der Waals surface area contributed by atoms with Crippen molar-refractivity contribution in [3.8, 4) is 11.5 Å². The van der Waals surface area contributed by atoms with Gasteiger partial charge in [-0.15, -0.1) is 0 Å². The third kappa shape index (κ3) is 9.85. The van der Waals surface area contributed by atoms with Crippen LogP contribution in [0.2, 0.25) is 0 Å². The van der Waals surface area contributed by atoms with Crippen molar-refractivity contribution >= 4 is 11.8 Å². The van der Waals surface area contributed by atoms with Gasteiger partial charge in [-0.1, -0.05) is 53.3 Å². The summed E-state index contributed by atoms with van der Waals surface area (Å²) < 4.78 is 12.6. The first-order valence-electron chi connectivity index (χ1n) is 13.6. The van der Waals surface area contributed by atoms with E-state index >= 15 is 0 Å². The first-order chi connectivity index (χ1) is 17.1. The average molecular weight is 529 g/mol. The van der Waals surface area contributed by atoms with Crippen LogP contribution in [0.5, 0.6) is 11.5 Å². The molecule has 0 aromatic heterocycles. The number of hydrogen-bond acceptors (Lipinski definition) is 5. The molecule has 2 aromatic carbocycles. The van der Waals surface area contributed by atoms with Gasteiger partial charge in [-0.2, -0.15) is 0 Å². The Hall–Kier alpha value is -1.69. The molecule has 0 amide bonds. The Kier molecular flexibility index (Phi) is 11.4. The molecule has 0 heterocycles. The van der Waals surface area contributed by atoms with Gasteiger partial charge in [-0.25, -0.2) is 0 Å². The van der Waals surface area contributed by atoms with E-state index in [9.17, 15) is 0 Å². The predicted molar refractivity (Wildman–Crippen MR) is 161 cm³/mol. The molecule has 0 atom stereocenters. The first kappa shape index (κ1) is 31.5. The molecule has 4 nitrogen and oxygen atoms in total. The van der Waals surface area contributed by atoms with E-state index in [1.807, 2.05) is 11.8 Å². The van der Waals surface area contributed by atoms with Gasteiger partial charge in [-0.05, 0) is 101 Å². The molecule has 5 heteroatoms. The summed E-state index contributed by atoms with van der Waals surface area (Å²) in [5.41, 5.74) is 5.02. The second kappa shape index (κ2) is 13.4. The molecule has 0 fully saturated rings. The van der Waals surface area contributed by atoms with E-state index in [2.05, 4.69) is 118 Å². The summed E-state index contributed by atoms with van der Waals surface area (Å²) in [7, 11) is 8.42. The quantitative estimate of drug-likeness (QED) is 0.263. The molecule has 0 saturated carbocycles. The topological polar surface area (TPSA) is 24.9 Å². The second-order valence-corrected chi connectivity index (χ2v) is 13.9. The number of ether oxygens (including phenoxy) is 2. The standard InChI is InChI=1S/C32H52N2O2S/c1-23-19-27(35-17-13-15-33(9)10)25(31(3,4)5)21-29(23)37-30-22-26(32(6,7)8)28(20-24(30)2)36-18-14-16-34(11)12/h19-22H,13-18H2,1-12H3. The largest absolute Gasteiger partial charge is 0.493 e.